The predicted molar refractivity (Wildman–Crippen MR) is 149 cm³/mol. The zero-order valence-corrected chi connectivity index (χ0v) is 22.7. The van der Waals surface area contributed by atoms with Crippen LogP contribution in [0, 0.1) is 0 Å². The van der Waals surface area contributed by atoms with E-state index >= 15 is 0 Å². The molecule has 0 aliphatic heterocycles. The number of ether oxygens (including phenoxy) is 1. The van der Waals surface area contributed by atoms with Gasteiger partial charge in [-0.05, 0) is 58.9 Å². The van der Waals surface area contributed by atoms with Gasteiger partial charge in [-0.15, -0.1) is 0 Å². The molecule has 6 nitrogen and oxygen atoms in total. The van der Waals surface area contributed by atoms with E-state index in [0.717, 1.165) is 29.5 Å². The molecule has 0 radical (unpaired) electrons. The third-order valence-electron chi connectivity index (χ3n) is 5.66. The highest BCUT2D eigenvalue weighted by atomic mass is 16.5. The first-order valence-corrected chi connectivity index (χ1v) is 12.9. The third-order valence-corrected chi connectivity index (χ3v) is 5.66. The van der Waals surface area contributed by atoms with Gasteiger partial charge in [0.1, 0.15) is 0 Å². The van der Waals surface area contributed by atoms with Crippen LogP contribution in [-0.4, -0.2) is 28.3 Å². The van der Waals surface area contributed by atoms with Crippen LogP contribution < -0.4 is 0 Å². The zero-order valence-electron chi connectivity index (χ0n) is 22.7. The van der Waals surface area contributed by atoms with E-state index in [1.165, 1.54) is 22.3 Å². The lowest BCUT2D eigenvalue weighted by Crippen LogP contribution is -1.96. The van der Waals surface area contributed by atoms with E-state index in [1.807, 2.05) is 32.0 Å². The molecule has 0 bridgehead atoms. The van der Waals surface area contributed by atoms with Crippen molar-refractivity contribution in [2.24, 2.45) is 0 Å². The molecule has 0 aliphatic rings. The van der Waals surface area contributed by atoms with Crippen molar-refractivity contribution in [2.75, 3.05) is 7.11 Å². The highest BCUT2D eigenvalue weighted by Crippen LogP contribution is 2.32. The van der Waals surface area contributed by atoms with E-state index in [4.69, 9.17) is 14.4 Å². The van der Waals surface area contributed by atoms with Crippen molar-refractivity contribution < 1.29 is 19.2 Å². The van der Waals surface area contributed by atoms with Crippen LogP contribution in [0.4, 0.5) is 0 Å². The largest absolute Gasteiger partial charge is 0.481 e. The number of nitrogens with zero attached hydrogens (tertiary/aromatic N) is 2. The average molecular weight is 503 g/mol. The molecule has 4 rings (SSSR count). The second-order valence-electron chi connectivity index (χ2n) is 8.04. The second kappa shape index (κ2) is 15.4. The van der Waals surface area contributed by atoms with Gasteiger partial charge in [-0.25, -0.2) is 0 Å². The number of aliphatic carboxylic acids is 1. The Bertz CT molecular complexity index is 1260. The van der Waals surface area contributed by atoms with Crippen LogP contribution in [-0.2, 0) is 29.0 Å². The van der Waals surface area contributed by atoms with E-state index in [9.17, 15) is 4.79 Å². The fraction of sp³-hybridized carbons (Fsp3) is 0.323. The summed E-state index contributed by atoms with van der Waals surface area (Å²) < 4.78 is 11.1. The van der Waals surface area contributed by atoms with Gasteiger partial charge in [-0.1, -0.05) is 88.3 Å². The SMILES string of the molecule is CC.CCC(=O)O.CCc1cccc(-c2noc(-c3ccc(-c4ccccc4CC)c(COC)c3)n2)c1. The molecule has 1 aromatic heterocycles. The number of carboxylic acid groups (broad SMARTS) is 1. The van der Waals surface area contributed by atoms with Crippen molar-refractivity contribution in [1.82, 2.24) is 10.1 Å². The lowest BCUT2D eigenvalue weighted by Gasteiger charge is -2.13. The van der Waals surface area contributed by atoms with Crippen LogP contribution in [0.25, 0.3) is 34.0 Å². The topological polar surface area (TPSA) is 85.5 Å². The highest BCUT2D eigenvalue weighted by molar-refractivity contribution is 5.74. The van der Waals surface area contributed by atoms with Crippen molar-refractivity contribution in [3.8, 4) is 34.0 Å². The predicted octanol–water partition coefficient (Wildman–Crippen LogP) is 7.85. The summed E-state index contributed by atoms with van der Waals surface area (Å²) >= 11 is 0. The fourth-order valence-electron chi connectivity index (χ4n) is 3.74. The maximum absolute atomic E-state index is 9.37. The summed E-state index contributed by atoms with van der Waals surface area (Å²) in [5.41, 5.74) is 7.94. The van der Waals surface area contributed by atoms with Crippen molar-refractivity contribution in [1.29, 1.82) is 0 Å². The molecular formula is C31H38N2O4. The molecular weight excluding hydrogens is 464 g/mol. The van der Waals surface area contributed by atoms with E-state index in [0.29, 0.717) is 18.3 Å². The van der Waals surface area contributed by atoms with Crippen LogP contribution in [0.2, 0.25) is 0 Å². The number of hydrogen-bond donors (Lipinski definition) is 1. The normalized spacial score (nSPS) is 10.1. The number of aryl methyl sites for hydroxylation is 2. The molecule has 0 amide bonds. The summed E-state index contributed by atoms with van der Waals surface area (Å²) in [5.74, 6) is 0.374. The molecule has 0 unspecified atom stereocenters. The van der Waals surface area contributed by atoms with Gasteiger partial charge in [-0.3, -0.25) is 4.79 Å². The Morgan fingerprint density at radius 1 is 0.865 bits per heavy atom. The molecule has 4 aromatic rings. The van der Waals surface area contributed by atoms with Gasteiger partial charge in [0.05, 0.1) is 6.61 Å². The lowest BCUT2D eigenvalue weighted by molar-refractivity contribution is -0.136. The minimum atomic E-state index is -0.745. The number of aromatic nitrogens is 2. The molecule has 0 saturated heterocycles. The minimum Gasteiger partial charge on any atom is -0.481 e. The van der Waals surface area contributed by atoms with Gasteiger partial charge in [0, 0.05) is 24.7 Å². The van der Waals surface area contributed by atoms with Gasteiger partial charge in [-0.2, -0.15) is 4.98 Å². The van der Waals surface area contributed by atoms with Crippen molar-refractivity contribution in [2.45, 2.75) is 60.5 Å². The number of methoxy groups -OCH3 is 1. The highest BCUT2D eigenvalue weighted by Gasteiger charge is 2.15. The van der Waals surface area contributed by atoms with E-state index < -0.39 is 5.97 Å². The van der Waals surface area contributed by atoms with Gasteiger partial charge in [0.15, 0.2) is 0 Å². The van der Waals surface area contributed by atoms with Crippen LogP contribution in [0.5, 0.6) is 0 Å². The standard InChI is InChI=1S/C26H26N2O2.C3H6O2.C2H6/c1-4-18-9-8-11-20(15-18)25-27-26(30-28-25)21-13-14-24(22(16-21)17-29-3)23-12-7-6-10-19(23)5-2;1-2-3(4)5;1-2/h6-16H,4-5,17H2,1-3H3;2H2,1H3,(H,4,5);1-2H3. The first-order chi connectivity index (χ1) is 18.0. The number of carbonyl (C=O) groups is 1. The van der Waals surface area contributed by atoms with Crippen molar-refractivity contribution >= 4 is 5.97 Å². The third kappa shape index (κ3) is 8.12. The van der Waals surface area contributed by atoms with E-state index in [1.54, 1.807) is 14.0 Å². The first-order valence-electron chi connectivity index (χ1n) is 12.9. The molecule has 3 aromatic carbocycles. The van der Waals surface area contributed by atoms with Gasteiger partial charge in [0.2, 0.25) is 5.82 Å². The molecule has 0 aliphatic carbocycles. The molecule has 0 atom stereocenters. The summed E-state index contributed by atoms with van der Waals surface area (Å²) in [6.45, 7) is 10.4. The molecule has 1 heterocycles. The molecule has 0 saturated carbocycles. The van der Waals surface area contributed by atoms with Crippen LogP contribution in [0.15, 0.2) is 71.3 Å². The quantitative estimate of drug-likeness (QED) is 0.264. The Morgan fingerprint density at radius 2 is 1.57 bits per heavy atom. The Labute approximate surface area is 220 Å². The number of hydrogen-bond acceptors (Lipinski definition) is 5. The number of rotatable bonds is 8. The average Bonchev–Trinajstić information content (AvgIpc) is 3.45. The van der Waals surface area contributed by atoms with Gasteiger partial charge < -0.3 is 14.4 Å². The molecule has 0 spiro atoms. The first kappa shape index (κ1) is 29.5. The molecule has 37 heavy (non-hydrogen) atoms. The summed E-state index contributed by atoms with van der Waals surface area (Å²) in [5, 5.41) is 11.9. The minimum absolute atomic E-state index is 0.222. The molecule has 6 heteroatoms. The number of benzene rings is 3. The Balaban J connectivity index is 0.000000617. The van der Waals surface area contributed by atoms with Crippen molar-refractivity contribution in [3.05, 3.63) is 83.4 Å². The maximum Gasteiger partial charge on any atom is 0.303 e. The Morgan fingerprint density at radius 3 is 2.22 bits per heavy atom. The smallest absolute Gasteiger partial charge is 0.303 e. The lowest BCUT2D eigenvalue weighted by atomic mass is 9.93. The Kier molecular flexibility index (Phi) is 12.2. The van der Waals surface area contributed by atoms with Crippen LogP contribution in [0.1, 0.15) is 57.7 Å². The molecule has 196 valence electrons. The summed E-state index contributed by atoms with van der Waals surface area (Å²) in [6.07, 6.45) is 2.17. The number of carboxylic acids is 1. The zero-order chi connectivity index (χ0) is 27.2. The monoisotopic (exact) mass is 502 g/mol. The van der Waals surface area contributed by atoms with Gasteiger partial charge >= 0.3 is 5.97 Å². The summed E-state index contributed by atoms with van der Waals surface area (Å²) in [7, 11) is 1.72. The van der Waals surface area contributed by atoms with E-state index in [-0.39, 0.29) is 6.42 Å². The Hall–Kier alpha value is -3.77. The van der Waals surface area contributed by atoms with Crippen molar-refractivity contribution in [3.63, 3.8) is 0 Å². The van der Waals surface area contributed by atoms with E-state index in [2.05, 4.69) is 72.5 Å². The van der Waals surface area contributed by atoms with Crippen LogP contribution in [0.3, 0.4) is 0 Å². The second-order valence-corrected chi connectivity index (χ2v) is 8.04. The molecule has 1 N–H and O–H groups in total. The maximum atomic E-state index is 9.37. The summed E-state index contributed by atoms with van der Waals surface area (Å²) in [6, 6.07) is 23.0. The summed E-state index contributed by atoms with van der Waals surface area (Å²) in [4.78, 5) is 14.0. The van der Waals surface area contributed by atoms with Crippen LogP contribution >= 0.6 is 0 Å². The molecule has 0 fully saturated rings. The van der Waals surface area contributed by atoms with Gasteiger partial charge in [0.25, 0.3) is 5.89 Å². The fourth-order valence-corrected chi connectivity index (χ4v) is 3.74.